The van der Waals surface area contributed by atoms with Crippen molar-refractivity contribution in [2.45, 2.75) is 0 Å². The van der Waals surface area contributed by atoms with E-state index in [0.717, 1.165) is 6.07 Å². The largest absolute Gasteiger partial charge is 0.508 e. The SMILES string of the molecule is O=C(Nc1ccc(Oc2ccnc(C(=O)NN=Cc3ccc(O)cc3)c2)cc1)Nc1ccc(Cl)c([N+](=O)[O-])c1. The van der Waals surface area contributed by atoms with Gasteiger partial charge in [0.25, 0.3) is 11.6 Å². The summed E-state index contributed by atoms with van der Waals surface area (Å²) in [5.41, 5.74) is 3.44. The number of rotatable bonds is 8. The Hall–Kier alpha value is -5.49. The Bertz CT molecular complexity index is 1540. The first-order chi connectivity index (χ1) is 18.8. The van der Waals surface area contributed by atoms with Crippen molar-refractivity contribution in [2.24, 2.45) is 5.10 Å². The molecule has 0 saturated heterocycles. The summed E-state index contributed by atoms with van der Waals surface area (Å²) < 4.78 is 5.77. The summed E-state index contributed by atoms with van der Waals surface area (Å²) in [4.78, 5) is 39.0. The number of aromatic nitrogens is 1. The maximum atomic E-state index is 12.4. The van der Waals surface area contributed by atoms with Crippen molar-refractivity contribution in [2.75, 3.05) is 10.6 Å². The lowest BCUT2D eigenvalue weighted by molar-refractivity contribution is -0.384. The topological polar surface area (TPSA) is 168 Å². The lowest BCUT2D eigenvalue weighted by Gasteiger charge is -2.10. The van der Waals surface area contributed by atoms with Crippen molar-refractivity contribution in [1.82, 2.24) is 10.4 Å². The number of hydrogen-bond acceptors (Lipinski definition) is 8. The zero-order valence-electron chi connectivity index (χ0n) is 19.9. The first-order valence-corrected chi connectivity index (χ1v) is 11.5. The Morgan fingerprint density at radius 1 is 0.949 bits per heavy atom. The number of amides is 3. The number of nitrogens with one attached hydrogen (secondary N) is 3. The van der Waals surface area contributed by atoms with Gasteiger partial charge < -0.3 is 20.5 Å². The molecular weight excluding hydrogens is 528 g/mol. The number of anilines is 2. The first kappa shape index (κ1) is 26.6. The standard InChI is InChI=1S/C26H19ClN6O6/c27-22-10-5-18(13-24(22)33(37)38)31-26(36)30-17-3-8-20(9-4-17)39-21-11-12-28-23(14-21)25(35)32-29-15-16-1-6-19(34)7-2-16/h1-15,34H,(H,32,35)(H2,30,31,36). The number of hydrogen-bond donors (Lipinski definition) is 4. The Kier molecular flexibility index (Phi) is 8.29. The third kappa shape index (κ3) is 7.50. The third-order valence-corrected chi connectivity index (χ3v) is 5.31. The van der Waals surface area contributed by atoms with Crippen LogP contribution in [0.3, 0.4) is 0 Å². The molecule has 0 saturated carbocycles. The highest BCUT2D eigenvalue weighted by molar-refractivity contribution is 6.32. The van der Waals surface area contributed by atoms with Crippen molar-refractivity contribution < 1.29 is 24.4 Å². The van der Waals surface area contributed by atoms with E-state index in [-0.39, 0.29) is 27.8 Å². The average Bonchev–Trinajstić information content (AvgIpc) is 2.92. The van der Waals surface area contributed by atoms with Crippen LogP contribution in [0, 0.1) is 10.1 Å². The second kappa shape index (κ2) is 12.2. The van der Waals surface area contributed by atoms with Crippen molar-refractivity contribution in [3.8, 4) is 17.2 Å². The molecule has 13 heteroatoms. The van der Waals surface area contributed by atoms with Crippen LogP contribution in [0.1, 0.15) is 16.1 Å². The molecule has 12 nitrogen and oxygen atoms in total. The van der Waals surface area contributed by atoms with Crippen LogP contribution in [-0.4, -0.2) is 33.2 Å². The van der Waals surface area contributed by atoms with Crippen LogP contribution in [0.25, 0.3) is 0 Å². The first-order valence-electron chi connectivity index (χ1n) is 11.2. The number of pyridine rings is 1. The number of halogens is 1. The fourth-order valence-electron chi connectivity index (χ4n) is 3.15. The van der Waals surface area contributed by atoms with Gasteiger partial charge in [0.05, 0.1) is 11.1 Å². The molecule has 0 bridgehead atoms. The molecular formula is C26H19ClN6O6. The quantitative estimate of drug-likeness (QED) is 0.127. The number of urea groups is 1. The maximum absolute atomic E-state index is 12.4. The highest BCUT2D eigenvalue weighted by Gasteiger charge is 2.14. The van der Waals surface area contributed by atoms with Gasteiger partial charge in [-0.15, -0.1) is 0 Å². The van der Waals surface area contributed by atoms with E-state index < -0.39 is 16.9 Å². The zero-order chi connectivity index (χ0) is 27.8. The van der Waals surface area contributed by atoms with Crippen LogP contribution in [0.4, 0.5) is 21.9 Å². The van der Waals surface area contributed by atoms with Crippen LogP contribution in [0.15, 0.2) is 90.2 Å². The van der Waals surface area contributed by atoms with E-state index in [1.54, 1.807) is 42.5 Å². The highest BCUT2D eigenvalue weighted by Crippen LogP contribution is 2.28. The number of nitro benzene ring substituents is 1. The number of nitro groups is 1. The molecule has 1 heterocycles. The van der Waals surface area contributed by atoms with E-state index in [9.17, 15) is 24.8 Å². The number of hydrazone groups is 1. The summed E-state index contributed by atoms with van der Waals surface area (Å²) in [6, 6.07) is 19.0. The number of carbonyl (C=O) groups excluding carboxylic acids is 2. The molecule has 4 rings (SSSR count). The summed E-state index contributed by atoms with van der Waals surface area (Å²) in [5, 5.41) is 29.3. The summed E-state index contributed by atoms with van der Waals surface area (Å²) in [6.07, 6.45) is 2.84. The number of ether oxygens (including phenoxy) is 1. The molecule has 0 aliphatic rings. The average molecular weight is 547 g/mol. The van der Waals surface area contributed by atoms with E-state index in [0.29, 0.717) is 22.7 Å². The number of phenols is 1. The smallest absolute Gasteiger partial charge is 0.323 e. The van der Waals surface area contributed by atoms with Gasteiger partial charge in [-0.05, 0) is 72.3 Å². The fourth-order valence-corrected chi connectivity index (χ4v) is 3.33. The van der Waals surface area contributed by atoms with Gasteiger partial charge in [0.15, 0.2) is 0 Å². The molecule has 196 valence electrons. The van der Waals surface area contributed by atoms with Crippen molar-refractivity contribution in [3.63, 3.8) is 0 Å². The predicted octanol–water partition coefficient (Wildman–Crippen LogP) is 5.55. The Morgan fingerprint density at radius 3 is 2.36 bits per heavy atom. The van der Waals surface area contributed by atoms with Crippen LogP contribution in [-0.2, 0) is 0 Å². The third-order valence-electron chi connectivity index (χ3n) is 4.99. The van der Waals surface area contributed by atoms with Crippen LogP contribution >= 0.6 is 11.6 Å². The minimum atomic E-state index is -0.643. The molecule has 0 spiro atoms. The van der Waals surface area contributed by atoms with E-state index in [1.165, 1.54) is 42.7 Å². The summed E-state index contributed by atoms with van der Waals surface area (Å²) in [5.74, 6) is 0.350. The predicted molar refractivity (Wildman–Crippen MR) is 145 cm³/mol. The molecule has 0 aliphatic carbocycles. The Balaban J connectivity index is 1.32. The van der Waals surface area contributed by atoms with Crippen molar-refractivity contribution in [3.05, 3.63) is 111 Å². The van der Waals surface area contributed by atoms with Crippen molar-refractivity contribution >= 4 is 46.8 Å². The highest BCUT2D eigenvalue weighted by atomic mass is 35.5. The number of benzene rings is 3. The molecule has 4 aromatic rings. The van der Waals surface area contributed by atoms with Gasteiger partial charge >= 0.3 is 6.03 Å². The summed E-state index contributed by atoms with van der Waals surface area (Å²) in [7, 11) is 0. The van der Waals surface area contributed by atoms with Gasteiger partial charge in [0.1, 0.15) is 28.0 Å². The van der Waals surface area contributed by atoms with Gasteiger partial charge in [0.2, 0.25) is 0 Å². The number of phenolic OH excluding ortho intramolecular Hbond substituents is 1. The van der Waals surface area contributed by atoms with E-state index in [1.807, 2.05) is 0 Å². The molecule has 1 aromatic heterocycles. The van der Waals surface area contributed by atoms with Crippen LogP contribution in [0.2, 0.25) is 5.02 Å². The lowest BCUT2D eigenvalue weighted by atomic mass is 10.2. The second-order valence-corrected chi connectivity index (χ2v) is 8.20. The molecule has 3 amide bonds. The minimum Gasteiger partial charge on any atom is -0.508 e. The molecule has 0 aliphatic heterocycles. The van der Waals surface area contributed by atoms with Gasteiger partial charge in [-0.1, -0.05) is 11.6 Å². The summed E-state index contributed by atoms with van der Waals surface area (Å²) in [6.45, 7) is 0. The van der Waals surface area contributed by atoms with Gasteiger partial charge in [0, 0.05) is 29.7 Å². The van der Waals surface area contributed by atoms with Crippen LogP contribution in [0.5, 0.6) is 17.2 Å². The van der Waals surface area contributed by atoms with Crippen molar-refractivity contribution in [1.29, 1.82) is 0 Å². The fraction of sp³-hybridized carbons (Fsp3) is 0. The van der Waals surface area contributed by atoms with E-state index in [2.05, 4.69) is 26.1 Å². The van der Waals surface area contributed by atoms with Gasteiger partial charge in [-0.3, -0.25) is 19.9 Å². The molecule has 0 unspecified atom stereocenters. The number of aromatic hydroxyl groups is 1. The monoisotopic (exact) mass is 546 g/mol. The normalized spacial score (nSPS) is 10.6. The molecule has 3 aromatic carbocycles. The molecule has 0 atom stereocenters. The van der Waals surface area contributed by atoms with Gasteiger partial charge in [-0.25, -0.2) is 10.2 Å². The Labute approximate surface area is 226 Å². The molecule has 39 heavy (non-hydrogen) atoms. The molecule has 4 N–H and O–H groups in total. The molecule has 0 fully saturated rings. The minimum absolute atomic E-state index is 0.0392. The number of carbonyl (C=O) groups is 2. The summed E-state index contributed by atoms with van der Waals surface area (Å²) >= 11 is 5.78. The van der Waals surface area contributed by atoms with E-state index >= 15 is 0 Å². The van der Waals surface area contributed by atoms with E-state index in [4.69, 9.17) is 16.3 Å². The lowest BCUT2D eigenvalue weighted by Crippen LogP contribution is -2.19. The van der Waals surface area contributed by atoms with Crippen LogP contribution < -0.4 is 20.8 Å². The maximum Gasteiger partial charge on any atom is 0.323 e. The molecule has 0 radical (unpaired) electrons. The number of nitrogens with zero attached hydrogens (tertiary/aromatic N) is 3. The zero-order valence-corrected chi connectivity index (χ0v) is 20.6. The Morgan fingerprint density at radius 2 is 1.64 bits per heavy atom. The van der Waals surface area contributed by atoms with Gasteiger partial charge in [-0.2, -0.15) is 5.10 Å². The second-order valence-electron chi connectivity index (χ2n) is 7.80.